The van der Waals surface area contributed by atoms with Gasteiger partial charge in [0, 0.05) is 44.0 Å². The highest BCUT2D eigenvalue weighted by atomic mass is 16.1. The van der Waals surface area contributed by atoms with Crippen LogP contribution in [0, 0.1) is 5.92 Å². The van der Waals surface area contributed by atoms with Gasteiger partial charge >= 0.3 is 0 Å². The third-order valence-electron chi connectivity index (χ3n) is 5.18. The zero-order valence-corrected chi connectivity index (χ0v) is 17.6. The van der Waals surface area contributed by atoms with Crippen LogP contribution in [0.15, 0.2) is 47.7 Å². The number of aromatic nitrogens is 2. The average Bonchev–Trinajstić information content (AvgIpc) is 3.26. The highest BCUT2D eigenvalue weighted by Gasteiger charge is 2.27. The number of hydrogen-bond donors (Lipinski definition) is 3. The van der Waals surface area contributed by atoms with E-state index < -0.39 is 0 Å². The fraction of sp³-hybridized carbons (Fsp3) is 0.500. The summed E-state index contributed by atoms with van der Waals surface area (Å²) >= 11 is 0. The monoisotopic (exact) mass is 396 g/mol. The van der Waals surface area contributed by atoms with E-state index in [1.165, 1.54) is 0 Å². The summed E-state index contributed by atoms with van der Waals surface area (Å²) in [4.78, 5) is 16.7. The molecule has 1 aliphatic carbocycles. The molecule has 2 aromatic rings. The normalized spacial score (nSPS) is 19.8. The molecule has 0 spiro atoms. The number of hydrogen-bond acceptors (Lipinski definition) is 3. The van der Waals surface area contributed by atoms with E-state index in [1.807, 2.05) is 42.9 Å². The molecule has 156 valence electrons. The lowest BCUT2D eigenvalue weighted by molar-refractivity contribution is -0.126. The predicted molar refractivity (Wildman–Crippen MR) is 116 cm³/mol. The third kappa shape index (κ3) is 6.07. The van der Waals surface area contributed by atoms with E-state index in [0.717, 1.165) is 42.9 Å². The second-order valence-electron chi connectivity index (χ2n) is 7.91. The molecule has 2 unspecified atom stereocenters. The molecule has 2 atom stereocenters. The van der Waals surface area contributed by atoms with Gasteiger partial charge in [0.05, 0.1) is 5.69 Å². The zero-order chi connectivity index (χ0) is 20.6. The Morgan fingerprint density at radius 3 is 2.90 bits per heavy atom. The number of benzene rings is 1. The molecule has 7 heteroatoms. The number of carbonyl (C=O) groups excluding carboxylic acids is 1. The van der Waals surface area contributed by atoms with Gasteiger partial charge < -0.3 is 16.0 Å². The van der Waals surface area contributed by atoms with E-state index >= 15 is 0 Å². The summed E-state index contributed by atoms with van der Waals surface area (Å²) in [5.41, 5.74) is 2.18. The van der Waals surface area contributed by atoms with Crippen LogP contribution in [-0.4, -0.2) is 40.8 Å². The van der Waals surface area contributed by atoms with Gasteiger partial charge in [-0.2, -0.15) is 5.10 Å². The van der Waals surface area contributed by atoms with Crippen molar-refractivity contribution in [1.82, 2.24) is 25.7 Å². The van der Waals surface area contributed by atoms with Crippen LogP contribution in [0.4, 0.5) is 0 Å². The Balaban J connectivity index is 1.53. The van der Waals surface area contributed by atoms with E-state index in [0.29, 0.717) is 6.54 Å². The number of rotatable bonds is 6. The average molecular weight is 397 g/mol. The van der Waals surface area contributed by atoms with Gasteiger partial charge in [0.15, 0.2) is 5.96 Å². The molecular weight excluding hydrogens is 364 g/mol. The molecule has 1 amide bonds. The van der Waals surface area contributed by atoms with Crippen molar-refractivity contribution in [2.75, 3.05) is 7.05 Å². The molecule has 0 bridgehead atoms. The highest BCUT2D eigenvalue weighted by Crippen LogP contribution is 2.24. The Morgan fingerprint density at radius 2 is 2.17 bits per heavy atom. The van der Waals surface area contributed by atoms with Crippen molar-refractivity contribution in [3.05, 3.63) is 48.3 Å². The van der Waals surface area contributed by atoms with Crippen molar-refractivity contribution in [2.45, 2.75) is 58.2 Å². The molecule has 1 aromatic heterocycles. The topological polar surface area (TPSA) is 83.3 Å². The molecular formula is C22H32N6O. The second-order valence-corrected chi connectivity index (χ2v) is 7.91. The summed E-state index contributed by atoms with van der Waals surface area (Å²) in [5.74, 6) is 1.02. The maximum absolute atomic E-state index is 12.4. The minimum absolute atomic E-state index is 0.0764. The Bertz CT molecular complexity index is 814. The predicted octanol–water partition coefficient (Wildman–Crippen LogP) is 2.62. The number of nitrogens with one attached hydrogen (secondary N) is 3. The first-order chi connectivity index (χ1) is 14.0. The van der Waals surface area contributed by atoms with Crippen molar-refractivity contribution in [3.63, 3.8) is 0 Å². The van der Waals surface area contributed by atoms with Crippen LogP contribution in [0.1, 0.15) is 45.1 Å². The van der Waals surface area contributed by atoms with Crippen LogP contribution in [0.5, 0.6) is 0 Å². The van der Waals surface area contributed by atoms with Gasteiger partial charge in [-0.25, -0.2) is 4.68 Å². The lowest BCUT2D eigenvalue weighted by atomic mass is 9.85. The fourth-order valence-electron chi connectivity index (χ4n) is 3.77. The molecule has 3 N–H and O–H groups in total. The molecule has 1 aromatic carbocycles. The number of carbonyl (C=O) groups is 1. The lowest BCUT2D eigenvalue weighted by Crippen LogP contribution is -2.47. The molecule has 0 aliphatic heterocycles. The summed E-state index contributed by atoms with van der Waals surface area (Å²) in [7, 11) is 1.78. The number of nitrogens with zero attached hydrogens (tertiary/aromatic N) is 3. The molecule has 29 heavy (non-hydrogen) atoms. The Hall–Kier alpha value is -2.83. The molecule has 1 saturated carbocycles. The van der Waals surface area contributed by atoms with E-state index in [-0.39, 0.29) is 23.9 Å². The highest BCUT2D eigenvalue weighted by molar-refractivity contribution is 5.81. The van der Waals surface area contributed by atoms with Gasteiger partial charge in [-0.1, -0.05) is 18.6 Å². The molecule has 1 heterocycles. The van der Waals surface area contributed by atoms with E-state index in [9.17, 15) is 4.79 Å². The SMILES string of the molecule is CN=C(NCc1cccc(-n2cccn2)c1)NC1CCCC(C(=O)NC(C)C)C1. The van der Waals surface area contributed by atoms with Crippen molar-refractivity contribution in [2.24, 2.45) is 10.9 Å². The summed E-state index contributed by atoms with van der Waals surface area (Å²) in [6, 6.07) is 10.6. The molecule has 7 nitrogen and oxygen atoms in total. The molecule has 1 fully saturated rings. The van der Waals surface area contributed by atoms with Gasteiger partial charge in [0.1, 0.15) is 0 Å². The molecule has 0 saturated heterocycles. The first-order valence-corrected chi connectivity index (χ1v) is 10.4. The molecule has 3 rings (SSSR count). The molecule has 1 aliphatic rings. The van der Waals surface area contributed by atoms with Crippen LogP contribution in [0.3, 0.4) is 0 Å². The second kappa shape index (κ2) is 10.1. The van der Waals surface area contributed by atoms with Gasteiger partial charge in [-0.3, -0.25) is 9.79 Å². The smallest absolute Gasteiger partial charge is 0.223 e. The van der Waals surface area contributed by atoms with Crippen molar-refractivity contribution in [3.8, 4) is 5.69 Å². The van der Waals surface area contributed by atoms with Gasteiger partial charge in [-0.05, 0) is 56.9 Å². The lowest BCUT2D eigenvalue weighted by Gasteiger charge is -2.30. The number of amides is 1. The van der Waals surface area contributed by atoms with Crippen LogP contribution in [0.25, 0.3) is 5.69 Å². The summed E-state index contributed by atoms with van der Waals surface area (Å²) in [6.07, 6.45) is 7.62. The van der Waals surface area contributed by atoms with E-state index in [1.54, 1.807) is 13.2 Å². The maximum Gasteiger partial charge on any atom is 0.223 e. The summed E-state index contributed by atoms with van der Waals surface area (Å²) in [5, 5.41) is 14.2. The van der Waals surface area contributed by atoms with Crippen molar-refractivity contribution >= 4 is 11.9 Å². The van der Waals surface area contributed by atoms with Crippen LogP contribution < -0.4 is 16.0 Å². The van der Waals surface area contributed by atoms with Crippen molar-refractivity contribution in [1.29, 1.82) is 0 Å². The van der Waals surface area contributed by atoms with E-state index in [2.05, 4.69) is 38.2 Å². The summed E-state index contributed by atoms with van der Waals surface area (Å²) < 4.78 is 1.85. The Kier molecular flexibility index (Phi) is 7.27. The van der Waals surface area contributed by atoms with Crippen LogP contribution in [-0.2, 0) is 11.3 Å². The zero-order valence-electron chi connectivity index (χ0n) is 17.6. The Morgan fingerprint density at radius 1 is 1.31 bits per heavy atom. The van der Waals surface area contributed by atoms with Crippen LogP contribution >= 0.6 is 0 Å². The Labute approximate surface area is 173 Å². The van der Waals surface area contributed by atoms with Crippen molar-refractivity contribution < 1.29 is 4.79 Å². The quantitative estimate of drug-likeness (QED) is 0.518. The first-order valence-electron chi connectivity index (χ1n) is 10.4. The molecule has 0 radical (unpaired) electrons. The van der Waals surface area contributed by atoms with E-state index in [4.69, 9.17) is 0 Å². The third-order valence-corrected chi connectivity index (χ3v) is 5.18. The standard InChI is InChI=1S/C22H32N6O/c1-16(2)26-21(29)18-8-5-9-19(14-18)27-22(23-3)24-15-17-7-4-10-20(13-17)28-12-6-11-25-28/h4,6-7,10-13,16,18-19H,5,8-9,14-15H2,1-3H3,(H,26,29)(H2,23,24,27). The van der Waals surface area contributed by atoms with Gasteiger partial charge in [-0.15, -0.1) is 0 Å². The fourth-order valence-corrected chi connectivity index (χ4v) is 3.77. The number of guanidine groups is 1. The van der Waals surface area contributed by atoms with Gasteiger partial charge in [0.25, 0.3) is 0 Å². The summed E-state index contributed by atoms with van der Waals surface area (Å²) in [6.45, 7) is 4.67. The maximum atomic E-state index is 12.4. The van der Waals surface area contributed by atoms with Gasteiger partial charge in [0.2, 0.25) is 5.91 Å². The largest absolute Gasteiger partial charge is 0.354 e. The first kappa shape index (κ1) is 20.9. The number of aliphatic imine (C=N–C) groups is 1. The minimum Gasteiger partial charge on any atom is -0.354 e. The van der Waals surface area contributed by atoms with Crippen LogP contribution in [0.2, 0.25) is 0 Å². The minimum atomic E-state index is 0.0764.